The minimum atomic E-state index is -4.02. The van der Waals surface area contributed by atoms with Gasteiger partial charge in [-0.15, -0.1) is 6.58 Å². The van der Waals surface area contributed by atoms with E-state index in [0.717, 1.165) is 11.1 Å². The Morgan fingerprint density at radius 2 is 1.73 bits per heavy atom. The molecule has 0 aliphatic rings. The molecule has 0 unspecified atom stereocenters. The van der Waals surface area contributed by atoms with Crippen molar-refractivity contribution in [1.82, 2.24) is 0 Å². The van der Waals surface area contributed by atoms with Gasteiger partial charge in [-0.1, -0.05) is 35.9 Å². The van der Waals surface area contributed by atoms with E-state index in [-0.39, 0.29) is 22.0 Å². The lowest BCUT2D eigenvalue weighted by Crippen LogP contribution is -2.31. The molecule has 172 valence electrons. The number of carbonyl (C=O) groups is 1. The highest BCUT2D eigenvalue weighted by molar-refractivity contribution is 7.92. The van der Waals surface area contributed by atoms with Crippen LogP contribution in [0.4, 0.5) is 11.4 Å². The second kappa shape index (κ2) is 10.1. The zero-order valence-corrected chi connectivity index (χ0v) is 20.2. The Morgan fingerprint density at radius 3 is 2.30 bits per heavy atom. The largest absolute Gasteiger partial charge is 0.497 e. The zero-order chi connectivity index (χ0) is 24.2. The number of hydrogen-bond acceptors (Lipinski definition) is 4. The van der Waals surface area contributed by atoms with Gasteiger partial charge in [0.15, 0.2) is 0 Å². The van der Waals surface area contributed by atoms with Crippen molar-refractivity contribution in [1.29, 1.82) is 0 Å². The number of aryl methyl sites for hydroxylation is 2. The quantitative estimate of drug-likeness (QED) is 0.422. The Bertz CT molecular complexity index is 1270. The second-order valence-corrected chi connectivity index (χ2v) is 9.65. The summed E-state index contributed by atoms with van der Waals surface area (Å²) in [5.74, 6) is 0.112. The standard InChI is InChI=1S/C25H25ClN2O4S/c1-5-15-28(19-9-11-20(32-4)12-10-19)33(30,31)21-13-14-23(26)22(16-21)25(29)27-24-17(2)7-6-8-18(24)3/h5-14,16H,1,15H2,2-4H3,(H,27,29). The van der Waals surface area contributed by atoms with Crippen molar-refractivity contribution < 1.29 is 17.9 Å². The van der Waals surface area contributed by atoms with E-state index in [4.69, 9.17) is 16.3 Å². The number of benzene rings is 3. The molecule has 0 spiro atoms. The van der Waals surface area contributed by atoms with E-state index in [0.29, 0.717) is 17.1 Å². The molecule has 0 heterocycles. The topological polar surface area (TPSA) is 75.7 Å². The van der Waals surface area contributed by atoms with Crippen molar-refractivity contribution >= 4 is 38.9 Å². The number of ether oxygens (including phenoxy) is 1. The number of methoxy groups -OCH3 is 1. The number of para-hydroxylation sites is 1. The van der Waals surface area contributed by atoms with E-state index in [1.165, 1.54) is 35.7 Å². The van der Waals surface area contributed by atoms with E-state index in [9.17, 15) is 13.2 Å². The van der Waals surface area contributed by atoms with Crippen LogP contribution in [0.1, 0.15) is 21.5 Å². The Hall–Kier alpha value is -3.29. The molecule has 33 heavy (non-hydrogen) atoms. The normalized spacial score (nSPS) is 11.0. The number of nitrogens with zero attached hydrogens (tertiary/aromatic N) is 1. The molecule has 0 aliphatic carbocycles. The van der Waals surface area contributed by atoms with Gasteiger partial charge in [0.05, 0.1) is 34.8 Å². The lowest BCUT2D eigenvalue weighted by Gasteiger charge is -2.24. The SMILES string of the molecule is C=CCN(c1ccc(OC)cc1)S(=O)(=O)c1ccc(Cl)c(C(=O)Nc2c(C)cccc2C)c1. The van der Waals surface area contributed by atoms with Gasteiger partial charge < -0.3 is 10.1 Å². The third-order valence-electron chi connectivity index (χ3n) is 5.15. The Morgan fingerprint density at radius 1 is 1.09 bits per heavy atom. The van der Waals surface area contributed by atoms with Crippen LogP contribution in [0.15, 0.2) is 78.2 Å². The fraction of sp³-hybridized carbons (Fsp3) is 0.160. The van der Waals surface area contributed by atoms with E-state index in [1.54, 1.807) is 24.3 Å². The molecule has 0 radical (unpaired) electrons. The molecular formula is C25H25ClN2O4S. The molecule has 6 nitrogen and oxygen atoms in total. The molecule has 8 heteroatoms. The van der Waals surface area contributed by atoms with Gasteiger partial charge in [-0.05, 0) is 67.4 Å². The van der Waals surface area contributed by atoms with Gasteiger partial charge in [-0.25, -0.2) is 8.42 Å². The van der Waals surface area contributed by atoms with E-state index >= 15 is 0 Å². The molecule has 1 amide bonds. The second-order valence-electron chi connectivity index (χ2n) is 7.39. The minimum Gasteiger partial charge on any atom is -0.497 e. The Kier molecular flexibility index (Phi) is 7.46. The highest BCUT2D eigenvalue weighted by Crippen LogP contribution is 2.29. The first kappa shape index (κ1) is 24.4. The molecule has 3 aromatic carbocycles. The lowest BCUT2D eigenvalue weighted by molar-refractivity contribution is 0.102. The number of anilines is 2. The summed E-state index contributed by atoms with van der Waals surface area (Å²) in [5, 5.41) is 3.00. The number of sulfonamides is 1. The van der Waals surface area contributed by atoms with Crippen molar-refractivity contribution in [2.45, 2.75) is 18.7 Å². The summed E-state index contributed by atoms with van der Waals surface area (Å²) < 4.78 is 33.4. The molecule has 0 saturated heterocycles. The van der Waals surface area contributed by atoms with Crippen LogP contribution in [-0.2, 0) is 10.0 Å². The number of carbonyl (C=O) groups excluding carboxylic acids is 1. The average Bonchev–Trinajstić information content (AvgIpc) is 2.80. The molecule has 0 atom stereocenters. The predicted octanol–water partition coefficient (Wildman–Crippen LogP) is 5.60. The van der Waals surface area contributed by atoms with E-state index < -0.39 is 15.9 Å². The fourth-order valence-electron chi connectivity index (χ4n) is 3.37. The van der Waals surface area contributed by atoms with Crippen LogP contribution in [0.25, 0.3) is 0 Å². The van der Waals surface area contributed by atoms with Crippen LogP contribution >= 0.6 is 11.6 Å². The highest BCUT2D eigenvalue weighted by atomic mass is 35.5. The maximum atomic E-state index is 13.5. The summed E-state index contributed by atoms with van der Waals surface area (Å²) in [5.41, 5.74) is 2.94. The van der Waals surface area contributed by atoms with Crippen molar-refractivity contribution in [3.63, 3.8) is 0 Å². The summed E-state index contributed by atoms with van der Waals surface area (Å²) in [7, 11) is -2.48. The van der Waals surface area contributed by atoms with Crippen LogP contribution in [0.3, 0.4) is 0 Å². The van der Waals surface area contributed by atoms with Gasteiger partial charge in [0, 0.05) is 5.69 Å². The minimum absolute atomic E-state index is 0.0429. The molecular weight excluding hydrogens is 460 g/mol. The third-order valence-corrected chi connectivity index (χ3v) is 7.26. The van der Waals surface area contributed by atoms with Crippen LogP contribution in [-0.4, -0.2) is 28.0 Å². The van der Waals surface area contributed by atoms with Gasteiger partial charge >= 0.3 is 0 Å². The maximum Gasteiger partial charge on any atom is 0.264 e. The molecule has 0 bridgehead atoms. The Balaban J connectivity index is 2.00. The van der Waals surface area contributed by atoms with Crippen LogP contribution in [0.5, 0.6) is 5.75 Å². The number of nitrogens with one attached hydrogen (secondary N) is 1. The fourth-order valence-corrected chi connectivity index (χ4v) is 5.03. The van der Waals surface area contributed by atoms with Crippen LogP contribution in [0.2, 0.25) is 5.02 Å². The summed E-state index contributed by atoms with van der Waals surface area (Å²) in [4.78, 5) is 13.0. The van der Waals surface area contributed by atoms with Crippen molar-refractivity contribution in [2.75, 3.05) is 23.3 Å². The molecule has 1 N–H and O–H groups in total. The van der Waals surface area contributed by atoms with Gasteiger partial charge in [-0.3, -0.25) is 9.10 Å². The molecule has 0 aliphatic heterocycles. The first-order valence-corrected chi connectivity index (χ1v) is 12.0. The number of halogens is 1. The summed E-state index contributed by atoms with van der Waals surface area (Å²) in [6, 6.07) is 16.4. The predicted molar refractivity (Wildman–Crippen MR) is 133 cm³/mol. The lowest BCUT2D eigenvalue weighted by atomic mass is 10.1. The van der Waals surface area contributed by atoms with Crippen LogP contribution < -0.4 is 14.4 Å². The van der Waals surface area contributed by atoms with Crippen LogP contribution in [0, 0.1) is 13.8 Å². The monoisotopic (exact) mass is 484 g/mol. The molecule has 0 saturated carbocycles. The Labute approximate surface area is 199 Å². The maximum absolute atomic E-state index is 13.5. The average molecular weight is 485 g/mol. The van der Waals surface area contributed by atoms with E-state index in [1.807, 2.05) is 32.0 Å². The number of amides is 1. The summed E-state index contributed by atoms with van der Waals surface area (Å²) in [6.07, 6.45) is 1.49. The highest BCUT2D eigenvalue weighted by Gasteiger charge is 2.26. The smallest absolute Gasteiger partial charge is 0.264 e. The summed E-state index contributed by atoms with van der Waals surface area (Å²) >= 11 is 6.28. The summed E-state index contributed by atoms with van der Waals surface area (Å²) in [6.45, 7) is 7.48. The molecule has 0 fully saturated rings. The zero-order valence-electron chi connectivity index (χ0n) is 18.6. The van der Waals surface area contributed by atoms with Crippen molar-refractivity contribution in [3.05, 3.63) is 95.0 Å². The number of hydrogen-bond donors (Lipinski definition) is 1. The first-order valence-electron chi connectivity index (χ1n) is 10.1. The van der Waals surface area contributed by atoms with Gasteiger partial charge in [0.25, 0.3) is 15.9 Å². The first-order chi connectivity index (χ1) is 15.7. The van der Waals surface area contributed by atoms with Gasteiger partial charge in [-0.2, -0.15) is 0 Å². The van der Waals surface area contributed by atoms with Crippen molar-refractivity contribution in [2.24, 2.45) is 0 Å². The van der Waals surface area contributed by atoms with Crippen molar-refractivity contribution in [3.8, 4) is 5.75 Å². The van der Waals surface area contributed by atoms with Gasteiger partial charge in [0.1, 0.15) is 5.75 Å². The third kappa shape index (κ3) is 5.21. The van der Waals surface area contributed by atoms with E-state index in [2.05, 4.69) is 11.9 Å². The molecule has 3 rings (SSSR count). The van der Waals surface area contributed by atoms with Gasteiger partial charge in [0.2, 0.25) is 0 Å². The molecule has 0 aromatic heterocycles. The number of rotatable bonds is 8. The molecule has 3 aromatic rings.